The molecule has 0 saturated carbocycles. The number of rotatable bonds is 9. The van der Waals surface area contributed by atoms with Gasteiger partial charge in [-0.25, -0.2) is 0 Å². The van der Waals surface area contributed by atoms with Crippen molar-refractivity contribution in [3.05, 3.63) is 17.7 Å². The minimum atomic E-state index is 0.0273. The van der Waals surface area contributed by atoms with Crippen LogP contribution in [0.2, 0.25) is 0 Å². The normalized spacial score (nSPS) is 15.8. The van der Waals surface area contributed by atoms with Crippen LogP contribution in [-0.2, 0) is 0 Å². The van der Waals surface area contributed by atoms with E-state index in [0.29, 0.717) is 49.2 Å². The van der Waals surface area contributed by atoms with E-state index in [2.05, 4.69) is 16.8 Å². The van der Waals surface area contributed by atoms with Crippen molar-refractivity contribution in [3.63, 3.8) is 0 Å². The molecule has 1 fully saturated rings. The Morgan fingerprint density at radius 1 is 0.920 bits per heavy atom. The first-order valence-electron chi connectivity index (χ1n) is 9.09. The smallest absolute Gasteiger partial charge is 0.184 e. The molecule has 6 heteroatoms. The molecular weight excluding hydrogens is 320 g/mol. The number of benzene rings is 1. The molecule has 1 saturated heterocycles. The molecule has 1 aliphatic heterocycles. The molecule has 0 aromatic heterocycles. The predicted octanol–water partition coefficient (Wildman–Crippen LogP) is 2.31. The average molecular weight is 350 g/mol. The van der Waals surface area contributed by atoms with E-state index < -0.39 is 0 Å². The maximum absolute atomic E-state index is 13.0. The number of hydrogen-bond donors (Lipinski definition) is 0. The first-order chi connectivity index (χ1) is 12.1. The highest BCUT2D eigenvalue weighted by atomic mass is 16.5. The van der Waals surface area contributed by atoms with Crippen LogP contribution in [0.1, 0.15) is 31.1 Å². The van der Waals surface area contributed by atoms with Gasteiger partial charge >= 0.3 is 0 Å². The van der Waals surface area contributed by atoms with Gasteiger partial charge in [0.1, 0.15) is 22.8 Å². The quantitative estimate of drug-likeness (QED) is 0.637. The van der Waals surface area contributed by atoms with E-state index >= 15 is 0 Å². The molecule has 2 rings (SSSR count). The van der Waals surface area contributed by atoms with Gasteiger partial charge in [0, 0.05) is 38.3 Å². The summed E-state index contributed by atoms with van der Waals surface area (Å²) in [6.07, 6.45) is 0. The third-order valence-corrected chi connectivity index (χ3v) is 4.19. The highest BCUT2D eigenvalue weighted by molar-refractivity contribution is 6.03. The monoisotopic (exact) mass is 350 g/mol. The van der Waals surface area contributed by atoms with E-state index in [0.717, 1.165) is 26.2 Å². The van der Waals surface area contributed by atoms with Crippen molar-refractivity contribution in [2.24, 2.45) is 0 Å². The van der Waals surface area contributed by atoms with Crippen molar-refractivity contribution in [2.45, 2.75) is 20.8 Å². The summed E-state index contributed by atoms with van der Waals surface area (Å²) in [5, 5.41) is 0. The van der Waals surface area contributed by atoms with Crippen molar-refractivity contribution < 1.29 is 19.0 Å². The minimum Gasteiger partial charge on any atom is -0.494 e. The van der Waals surface area contributed by atoms with Gasteiger partial charge in [-0.05, 0) is 27.8 Å². The molecule has 1 aromatic carbocycles. The summed E-state index contributed by atoms with van der Waals surface area (Å²) in [5.41, 5.74) is 0.520. The van der Waals surface area contributed by atoms with Crippen LogP contribution in [0.3, 0.4) is 0 Å². The van der Waals surface area contributed by atoms with Crippen LogP contribution in [0.15, 0.2) is 12.1 Å². The van der Waals surface area contributed by atoms with E-state index in [9.17, 15) is 4.79 Å². The van der Waals surface area contributed by atoms with Crippen LogP contribution in [0.5, 0.6) is 17.2 Å². The molecule has 0 unspecified atom stereocenters. The van der Waals surface area contributed by atoms with Crippen LogP contribution in [0.25, 0.3) is 0 Å². The van der Waals surface area contributed by atoms with E-state index in [1.54, 1.807) is 12.1 Å². The molecular formula is C19H30N2O4. The van der Waals surface area contributed by atoms with Gasteiger partial charge in [-0.3, -0.25) is 9.69 Å². The molecule has 0 bridgehead atoms. The fourth-order valence-corrected chi connectivity index (χ4v) is 2.92. The summed E-state index contributed by atoms with van der Waals surface area (Å²) in [4.78, 5) is 17.5. The number of Topliss-reactive ketones (excluding diaryl/α,β-unsaturated/α-hetero) is 1. The number of carbonyl (C=O) groups excluding carboxylic acids is 1. The molecule has 0 aliphatic carbocycles. The van der Waals surface area contributed by atoms with Crippen molar-refractivity contribution in [1.82, 2.24) is 9.80 Å². The summed E-state index contributed by atoms with van der Waals surface area (Å²) in [6, 6.07) is 3.57. The standard InChI is InChI=1S/C19H30N2O4/c1-5-23-15-12-17(24-6-2)19(18(13-15)25-7-3)16(22)14-21-10-8-20(4)9-11-21/h12-13H,5-11,14H2,1-4H3. The number of hydrogen-bond acceptors (Lipinski definition) is 6. The zero-order valence-corrected chi connectivity index (χ0v) is 15.8. The summed E-state index contributed by atoms with van der Waals surface area (Å²) < 4.78 is 17.1. The Morgan fingerprint density at radius 3 is 1.92 bits per heavy atom. The van der Waals surface area contributed by atoms with Gasteiger partial charge in [0.05, 0.1) is 26.4 Å². The molecule has 0 amide bonds. The summed E-state index contributed by atoms with van der Waals surface area (Å²) in [7, 11) is 2.10. The number of carbonyl (C=O) groups is 1. The second-order valence-electron chi connectivity index (χ2n) is 6.10. The second kappa shape index (κ2) is 9.63. The number of piperazine rings is 1. The van der Waals surface area contributed by atoms with Gasteiger partial charge < -0.3 is 19.1 Å². The number of likely N-dealkylation sites (N-methyl/N-ethyl adjacent to an activating group) is 1. The lowest BCUT2D eigenvalue weighted by Crippen LogP contribution is -2.46. The fourth-order valence-electron chi connectivity index (χ4n) is 2.92. The molecule has 0 atom stereocenters. The van der Waals surface area contributed by atoms with E-state index in [1.807, 2.05) is 20.8 Å². The van der Waals surface area contributed by atoms with E-state index in [-0.39, 0.29) is 5.78 Å². The molecule has 6 nitrogen and oxygen atoms in total. The molecule has 1 aliphatic rings. The summed E-state index contributed by atoms with van der Waals surface area (Å²) in [5.74, 6) is 1.76. The fraction of sp³-hybridized carbons (Fsp3) is 0.632. The number of nitrogens with zero attached hydrogens (tertiary/aromatic N) is 2. The van der Waals surface area contributed by atoms with Crippen LogP contribution in [-0.4, -0.2) is 75.2 Å². The molecule has 140 valence electrons. The van der Waals surface area contributed by atoms with Crippen LogP contribution < -0.4 is 14.2 Å². The molecule has 0 radical (unpaired) electrons. The Hall–Kier alpha value is -1.79. The predicted molar refractivity (Wildman–Crippen MR) is 98.2 cm³/mol. The first kappa shape index (κ1) is 19.5. The number of ether oxygens (including phenoxy) is 3. The Kier molecular flexibility index (Phi) is 7.52. The maximum atomic E-state index is 13.0. The summed E-state index contributed by atoms with van der Waals surface area (Å²) in [6.45, 7) is 11.4. The lowest BCUT2D eigenvalue weighted by molar-refractivity contribution is 0.0869. The Balaban J connectivity index is 2.27. The Morgan fingerprint density at radius 2 is 1.44 bits per heavy atom. The van der Waals surface area contributed by atoms with E-state index in [4.69, 9.17) is 14.2 Å². The summed E-state index contributed by atoms with van der Waals surface area (Å²) >= 11 is 0. The zero-order chi connectivity index (χ0) is 18.2. The highest BCUT2D eigenvalue weighted by Crippen LogP contribution is 2.35. The van der Waals surface area contributed by atoms with Gasteiger partial charge in [0.15, 0.2) is 5.78 Å². The van der Waals surface area contributed by atoms with Crippen molar-refractivity contribution in [3.8, 4) is 17.2 Å². The van der Waals surface area contributed by atoms with Gasteiger partial charge in [-0.1, -0.05) is 0 Å². The molecule has 1 heterocycles. The zero-order valence-electron chi connectivity index (χ0n) is 15.8. The Bertz CT molecular complexity index is 542. The molecule has 25 heavy (non-hydrogen) atoms. The molecule has 0 spiro atoms. The number of ketones is 1. The third kappa shape index (κ3) is 5.34. The first-order valence-corrected chi connectivity index (χ1v) is 9.09. The Labute approximate surface area is 150 Å². The average Bonchev–Trinajstić information content (AvgIpc) is 2.58. The van der Waals surface area contributed by atoms with Gasteiger partial charge in [-0.15, -0.1) is 0 Å². The highest BCUT2D eigenvalue weighted by Gasteiger charge is 2.24. The SMILES string of the molecule is CCOc1cc(OCC)c(C(=O)CN2CCN(C)CC2)c(OCC)c1. The van der Waals surface area contributed by atoms with Crippen LogP contribution in [0.4, 0.5) is 0 Å². The maximum Gasteiger partial charge on any atom is 0.184 e. The lowest BCUT2D eigenvalue weighted by atomic mass is 10.1. The van der Waals surface area contributed by atoms with Crippen LogP contribution in [0, 0.1) is 0 Å². The molecule has 0 N–H and O–H groups in total. The van der Waals surface area contributed by atoms with Crippen LogP contribution >= 0.6 is 0 Å². The van der Waals surface area contributed by atoms with Crippen molar-refractivity contribution >= 4 is 5.78 Å². The molecule has 1 aromatic rings. The van der Waals surface area contributed by atoms with E-state index in [1.165, 1.54) is 0 Å². The topological polar surface area (TPSA) is 51.2 Å². The minimum absolute atomic E-state index is 0.0273. The van der Waals surface area contributed by atoms with Crippen molar-refractivity contribution in [1.29, 1.82) is 0 Å². The lowest BCUT2D eigenvalue weighted by Gasteiger charge is -2.32. The van der Waals surface area contributed by atoms with Crippen molar-refractivity contribution in [2.75, 3.05) is 59.6 Å². The second-order valence-corrected chi connectivity index (χ2v) is 6.10. The van der Waals surface area contributed by atoms with Gasteiger partial charge in [-0.2, -0.15) is 0 Å². The third-order valence-electron chi connectivity index (χ3n) is 4.19. The van der Waals surface area contributed by atoms with Gasteiger partial charge in [0.25, 0.3) is 0 Å². The largest absolute Gasteiger partial charge is 0.494 e. The van der Waals surface area contributed by atoms with Gasteiger partial charge in [0.2, 0.25) is 0 Å².